The first-order valence-electron chi connectivity index (χ1n) is 9.10. The number of amides is 1. The summed E-state index contributed by atoms with van der Waals surface area (Å²) in [6.07, 6.45) is 3.32. The van der Waals surface area contributed by atoms with E-state index in [1.165, 1.54) is 24.9 Å². The fourth-order valence-electron chi connectivity index (χ4n) is 3.02. The van der Waals surface area contributed by atoms with E-state index in [1.807, 2.05) is 48.5 Å². The highest BCUT2D eigenvalue weighted by Gasteiger charge is 2.12. The van der Waals surface area contributed by atoms with Crippen molar-refractivity contribution < 1.29 is 9.53 Å². The Morgan fingerprint density at radius 1 is 1.00 bits per heavy atom. The molecular formula is C22H24N2O2. The lowest BCUT2D eigenvalue weighted by molar-refractivity contribution is 0.141. The summed E-state index contributed by atoms with van der Waals surface area (Å²) in [5.41, 5.74) is 3.16. The van der Waals surface area contributed by atoms with Crippen LogP contribution in [-0.2, 0) is 11.3 Å². The molecule has 26 heavy (non-hydrogen) atoms. The van der Waals surface area contributed by atoms with Crippen molar-refractivity contribution in [2.45, 2.75) is 25.9 Å². The van der Waals surface area contributed by atoms with Gasteiger partial charge in [-0.25, -0.2) is 4.79 Å². The number of nitrogens with zero attached hydrogens (tertiary/aromatic N) is 1. The van der Waals surface area contributed by atoms with Crippen LogP contribution >= 0.6 is 0 Å². The van der Waals surface area contributed by atoms with Gasteiger partial charge in [-0.15, -0.1) is 0 Å². The van der Waals surface area contributed by atoms with Crippen LogP contribution in [0.5, 0.6) is 0 Å². The van der Waals surface area contributed by atoms with Crippen LogP contribution in [-0.4, -0.2) is 25.7 Å². The molecule has 3 rings (SSSR count). The number of para-hydroxylation sites is 1. The second kappa shape index (κ2) is 9.53. The van der Waals surface area contributed by atoms with E-state index in [2.05, 4.69) is 28.1 Å². The van der Waals surface area contributed by atoms with Crippen molar-refractivity contribution >= 4 is 11.8 Å². The monoisotopic (exact) mass is 348 g/mol. The number of hydrogen-bond donors (Lipinski definition) is 1. The molecule has 0 unspecified atom stereocenters. The van der Waals surface area contributed by atoms with Gasteiger partial charge < -0.3 is 15.0 Å². The van der Waals surface area contributed by atoms with Crippen molar-refractivity contribution in [2.24, 2.45) is 0 Å². The molecule has 1 fully saturated rings. The zero-order chi connectivity index (χ0) is 18.0. The van der Waals surface area contributed by atoms with E-state index in [-0.39, 0.29) is 13.2 Å². The minimum absolute atomic E-state index is 0.262. The first-order valence-corrected chi connectivity index (χ1v) is 9.10. The summed E-state index contributed by atoms with van der Waals surface area (Å²) >= 11 is 0. The van der Waals surface area contributed by atoms with E-state index >= 15 is 0 Å². The molecule has 2 aromatic carbocycles. The normalized spacial score (nSPS) is 13.5. The summed E-state index contributed by atoms with van der Waals surface area (Å²) in [7, 11) is 0. The summed E-state index contributed by atoms with van der Waals surface area (Å²) in [5.74, 6) is 6.20. The molecule has 1 aliphatic heterocycles. The van der Waals surface area contributed by atoms with Gasteiger partial charge in [0.25, 0.3) is 0 Å². The van der Waals surface area contributed by atoms with Gasteiger partial charge in [0.1, 0.15) is 6.61 Å². The van der Waals surface area contributed by atoms with Crippen LogP contribution < -0.4 is 10.2 Å². The van der Waals surface area contributed by atoms with Crippen molar-refractivity contribution in [3.8, 4) is 11.8 Å². The molecule has 1 N–H and O–H groups in total. The third kappa shape index (κ3) is 5.29. The third-order valence-electron chi connectivity index (χ3n) is 4.36. The lowest BCUT2D eigenvalue weighted by Crippen LogP contribution is -2.30. The van der Waals surface area contributed by atoms with E-state index in [0.717, 1.165) is 24.2 Å². The molecule has 1 saturated heterocycles. The number of ether oxygens (including phenoxy) is 1. The second-order valence-corrected chi connectivity index (χ2v) is 6.28. The van der Waals surface area contributed by atoms with Crippen molar-refractivity contribution in [1.29, 1.82) is 0 Å². The average molecular weight is 348 g/mol. The van der Waals surface area contributed by atoms with Crippen LogP contribution in [0.4, 0.5) is 10.5 Å². The minimum Gasteiger partial charge on any atom is -0.445 e. The number of alkyl carbamates (subject to hydrolysis) is 1. The van der Waals surface area contributed by atoms with Crippen molar-refractivity contribution in [3.63, 3.8) is 0 Å². The molecule has 4 heteroatoms. The Kier molecular flexibility index (Phi) is 6.55. The lowest BCUT2D eigenvalue weighted by atomic mass is 10.1. The highest BCUT2D eigenvalue weighted by atomic mass is 16.5. The Balaban J connectivity index is 1.49. The Hall–Kier alpha value is -2.93. The Morgan fingerprint density at radius 2 is 1.73 bits per heavy atom. The number of nitrogens with one attached hydrogen (secondary N) is 1. The number of piperidine rings is 1. The lowest BCUT2D eigenvalue weighted by Gasteiger charge is -2.29. The molecule has 0 saturated carbocycles. The second-order valence-electron chi connectivity index (χ2n) is 6.28. The molecule has 0 aromatic heterocycles. The number of anilines is 1. The topological polar surface area (TPSA) is 41.6 Å². The molecule has 4 nitrogen and oxygen atoms in total. The molecule has 0 aliphatic carbocycles. The van der Waals surface area contributed by atoms with E-state index < -0.39 is 6.09 Å². The molecule has 1 amide bonds. The maximum atomic E-state index is 11.7. The first-order chi connectivity index (χ1) is 12.8. The first kappa shape index (κ1) is 17.9. The number of carbonyl (C=O) groups excluding carboxylic acids is 1. The molecule has 0 spiro atoms. The van der Waals surface area contributed by atoms with Gasteiger partial charge in [0.05, 0.1) is 12.2 Å². The largest absolute Gasteiger partial charge is 0.445 e. The van der Waals surface area contributed by atoms with Crippen molar-refractivity contribution in [3.05, 3.63) is 65.7 Å². The van der Waals surface area contributed by atoms with Gasteiger partial charge >= 0.3 is 6.09 Å². The average Bonchev–Trinajstić information content (AvgIpc) is 2.71. The molecule has 1 heterocycles. The van der Waals surface area contributed by atoms with Gasteiger partial charge in [0.15, 0.2) is 0 Å². The summed E-state index contributed by atoms with van der Waals surface area (Å²) in [6, 6.07) is 17.8. The van der Waals surface area contributed by atoms with Crippen molar-refractivity contribution in [1.82, 2.24) is 5.32 Å². The van der Waals surface area contributed by atoms with Crippen LogP contribution in [0.15, 0.2) is 54.6 Å². The van der Waals surface area contributed by atoms with Crippen LogP contribution in [0.1, 0.15) is 30.4 Å². The molecule has 0 atom stereocenters. The molecule has 134 valence electrons. The van der Waals surface area contributed by atoms with Crippen LogP contribution in [0, 0.1) is 11.8 Å². The zero-order valence-corrected chi connectivity index (χ0v) is 14.9. The maximum absolute atomic E-state index is 11.7. The molecule has 0 radical (unpaired) electrons. The number of hydrogen-bond acceptors (Lipinski definition) is 3. The Bertz CT molecular complexity index is 771. The summed E-state index contributed by atoms with van der Waals surface area (Å²) in [4.78, 5) is 14.1. The van der Waals surface area contributed by atoms with E-state index in [1.54, 1.807) is 0 Å². The van der Waals surface area contributed by atoms with Crippen LogP contribution in [0.25, 0.3) is 0 Å². The highest BCUT2D eigenvalue weighted by molar-refractivity contribution is 5.67. The minimum atomic E-state index is -0.451. The van der Waals surface area contributed by atoms with Gasteiger partial charge in [-0.2, -0.15) is 0 Å². The Labute approximate surface area is 155 Å². The van der Waals surface area contributed by atoms with Crippen LogP contribution in [0.2, 0.25) is 0 Å². The van der Waals surface area contributed by atoms with Gasteiger partial charge in [-0.3, -0.25) is 0 Å². The predicted molar refractivity (Wildman–Crippen MR) is 104 cm³/mol. The number of carbonyl (C=O) groups is 1. The molecular weight excluding hydrogens is 324 g/mol. The third-order valence-corrected chi connectivity index (χ3v) is 4.36. The number of benzene rings is 2. The quantitative estimate of drug-likeness (QED) is 0.851. The molecule has 2 aromatic rings. The number of rotatable bonds is 4. The maximum Gasteiger partial charge on any atom is 0.408 e. The molecule has 0 bridgehead atoms. The molecule has 1 aliphatic rings. The summed E-state index contributed by atoms with van der Waals surface area (Å²) in [5, 5.41) is 2.67. The van der Waals surface area contributed by atoms with Gasteiger partial charge in [0, 0.05) is 18.7 Å². The highest BCUT2D eigenvalue weighted by Crippen LogP contribution is 2.23. The SMILES string of the molecule is O=C(NCC#Cc1ccccc1N1CCCCC1)OCc1ccccc1. The standard InChI is InChI=1S/C22H24N2O2/c25-22(26-18-19-10-3-1-4-11-19)23-15-9-13-20-12-5-6-14-21(20)24-16-7-2-8-17-24/h1,3-6,10-12,14H,2,7-8,15-18H2,(H,23,25). The summed E-state index contributed by atoms with van der Waals surface area (Å²) < 4.78 is 5.17. The van der Waals surface area contributed by atoms with Crippen molar-refractivity contribution in [2.75, 3.05) is 24.5 Å². The smallest absolute Gasteiger partial charge is 0.408 e. The van der Waals surface area contributed by atoms with Crippen LogP contribution in [0.3, 0.4) is 0 Å². The zero-order valence-electron chi connectivity index (χ0n) is 14.9. The summed E-state index contributed by atoms with van der Waals surface area (Å²) in [6.45, 7) is 2.70. The van der Waals surface area contributed by atoms with E-state index in [4.69, 9.17) is 4.74 Å². The fraction of sp³-hybridized carbons (Fsp3) is 0.318. The predicted octanol–water partition coefficient (Wildman–Crippen LogP) is 3.95. The van der Waals surface area contributed by atoms with Gasteiger partial charge in [-0.1, -0.05) is 54.3 Å². The van der Waals surface area contributed by atoms with E-state index in [9.17, 15) is 4.79 Å². The van der Waals surface area contributed by atoms with Gasteiger partial charge in [-0.05, 0) is 37.0 Å². The fourth-order valence-corrected chi connectivity index (χ4v) is 3.02. The van der Waals surface area contributed by atoms with E-state index in [0.29, 0.717) is 0 Å². The van der Waals surface area contributed by atoms with Gasteiger partial charge in [0.2, 0.25) is 0 Å². The Morgan fingerprint density at radius 3 is 2.54 bits per heavy atom.